The molecule has 0 aromatic heterocycles. The summed E-state index contributed by atoms with van der Waals surface area (Å²) in [6, 6.07) is 50.9. The van der Waals surface area contributed by atoms with E-state index >= 15 is 0 Å². The van der Waals surface area contributed by atoms with E-state index in [0.717, 1.165) is 29.8 Å². The zero-order valence-corrected chi connectivity index (χ0v) is 37.0. The Balaban J connectivity index is 1.37. The maximum atomic E-state index is 8.06. The lowest BCUT2D eigenvalue weighted by molar-refractivity contribution is 1.00. The van der Waals surface area contributed by atoms with E-state index < -0.39 is 12.3 Å². The minimum absolute atomic E-state index is 0.611. The van der Waals surface area contributed by atoms with Crippen LogP contribution >= 0.6 is 30.1 Å². The highest BCUT2D eigenvalue weighted by molar-refractivity contribution is 7.94. The minimum Gasteiger partial charge on any atom is -0.325 e. The van der Waals surface area contributed by atoms with Crippen molar-refractivity contribution in [2.45, 2.75) is 46.9 Å². The van der Waals surface area contributed by atoms with E-state index in [2.05, 4.69) is 209 Å². The van der Waals surface area contributed by atoms with Gasteiger partial charge in [-0.3, -0.25) is 0 Å². The number of hydrogen-bond donors (Lipinski definition) is 0. The van der Waals surface area contributed by atoms with Crippen molar-refractivity contribution in [1.82, 2.24) is 0 Å². The zero-order valence-electron chi connectivity index (χ0n) is 34.6. The van der Waals surface area contributed by atoms with Gasteiger partial charge in [0.15, 0.2) is 0 Å². The fourth-order valence-corrected chi connectivity index (χ4v) is 15.7. The van der Waals surface area contributed by atoms with Crippen LogP contribution in [-0.2, 0) is 0 Å². The highest BCUT2D eigenvalue weighted by Gasteiger charge is 2.42. The summed E-state index contributed by atoms with van der Waals surface area (Å²) in [5.41, 5.74) is 15.9. The topological polar surface area (TPSA) is 6.48 Å². The summed E-state index contributed by atoms with van der Waals surface area (Å²) in [5, 5.41) is 4.91. The monoisotopic (exact) mass is 826 g/mol. The smallest absolute Gasteiger partial charge is 0.118 e. The Morgan fingerprint density at radius 3 is 1.53 bits per heavy atom. The van der Waals surface area contributed by atoms with Gasteiger partial charge in [-0.15, -0.1) is 11.6 Å². The fourth-order valence-electron chi connectivity index (χ4n) is 10.1. The van der Waals surface area contributed by atoms with Gasteiger partial charge in [-0.2, -0.15) is 0 Å². The van der Waals surface area contributed by atoms with E-state index in [1.165, 1.54) is 82.9 Å². The molecule has 9 rings (SSSR count). The Labute approximate surface area is 360 Å². The lowest BCUT2D eigenvalue weighted by Crippen LogP contribution is -2.30. The predicted octanol–water partition coefficient (Wildman–Crippen LogP) is 13.1. The molecule has 0 saturated carbocycles. The molecule has 0 N–H and O–H groups in total. The molecule has 1 heterocycles. The van der Waals surface area contributed by atoms with Crippen molar-refractivity contribution >= 4 is 69.0 Å². The van der Waals surface area contributed by atoms with E-state index in [1.54, 1.807) is 0 Å². The van der Waals surface area contributed by atoms with Crippen LogP contribution in [0, 0.1) is 41.5 Å². The van der Waals surface area contributed by atoms with Crippen molar-refractivity contribution in [3.63, 3.8) is 0 Å². The Kier molecular flexibility index (Phi) is 10.5. The molecule has 3 aliphatic rings. The van der Waals surface area contributed by atoms with E-state index in [1.807, 2.05) is 0 Å². The number of rotatable bonds is 6. The SMILES string of the molecule is Cc1cc(C)c(N2CCN(c3c(C)cc(C)cc3C)C2=C2C=CC(P(=C3C(c4ccccc4)=Cc4ccccc43)(c3ccccc3)c3ccccc3)=C(Cl)C2Cl)c(C)c1. The number of halogens is 2. The highest BCUT2D eigenvalue weighted by atomic mass is 35.5. The molecule has 0 amide bonds. The van der Waals surface area contributed by atoms with Gasteiger partial charge in [0.05, 0.1) is 5.38 Å². The fraction of sp³-hybridized carbons (Fsp3) is 0.167. The Morgan fingerprint density at radius 2 is 1.02 bits per heavy atom. The first-order chi connectivity index (χ1) is 28.6. The molecule has 2 nitrogen and oxygen atoms in total. The molecule has 294 valence electrons. The number of benzene rings is 6. The molecule has 6 aromatic rings. The summed E-state index contributed by atoms with van der Waals surface area (Å²) in [5.74, 6) is 1.09. The van der Waals surface area contributed by atoms with E-state index in [4.69, 9.17) is 23.2 Å². The van der Waals surface area contributed by atoms with Gasteiger partial charge in [0.1, 0.15) is 5.82 Å². The molecule has 6 aromatic carbocycles. The average molecular weight is 828 g/mol. The average Bonchev–Trinajstić information content (AvgIpc) is 3.83. The van der Waals surface area contributed by atoms with Crippen LogP contribution in [0.5, 0.6) is 0 Å². The van der Waals surface area contributed by atoms with E-state index in [-0.39, 0.29) is 0 Å². The van der Waals surface area contributed by atoms with Crippen LogP contribution in [0.3, 0.4) is 0 Å². The van der Waals surface area contributed by atoms with Crippen molar-refractivity contribution in [3.05, 3.63) is 223 Å². The number of alkyl halides is 1. The molecule has 1 unspecified atom stereocenters. The predicted molar refractivity (Wildman–Crippen MR) is 259 cm³/mol. The number of hydrogen-bond acceptors (Lipinski definition) is 2. The van der Waals surface area contributed by atoms with E-state index in [9.17, 15) is 0 Å². The first-order valence-corrected chi connectivity index (χ1v) is 23.1. The number of allylic oxidation sites excluding steroid dienone is 6. The third kappa shape index (κ3) is 6.58. The first kappa shape index (κ1) is 39.2. The van der Waals surface area contributed by atoms with Crippen LogP contribution in [0.15, 0.2) is 173 Å². The Hall–Kier alpha value is -5.24. The van der Waals surface area contributed by atoms with Gasteiger partial charge in [0.2, 0.25) is 0 Å². The molecule has 5 heteroatoms. The van der Waals surface area contributed by atoms with Crippen molar-refractivity contribution in [2.75, 3.05) is 22.9 Å². The molecule has 1 aliphatic heterocycles. The molecule has 59 heavy (non-hydrogen) atoms. The lowest BCUT2D eigenvalue weighted by atomic mass is 10.0. The summed E-state index contributed by atoms with van der Waals surface area (Å²) < 4.78 is 0. The normalized spacial score (nSPS) is 16.6. The molecule has 1 fully saturated rings. The molecule has 0 radical (unpaired) electrons. The second-order valence-corrected chi connectivity index (χ2v) is 20.4. The summed E-state index contributed by atoms with van der Waals surface area (Å²) in [6.07, 6.45) is 7.00. The number of nitrogens with zero attached hydrogens (tertiary/aromatic N) is 2. The standard InChI is InChI=1S/C54H49Cl2N2P/c1-35-30-37(3)51(38(4)31-35)57-28-29-58(52-39(5)32-36(2)33-40(52)6)54(57)46-26-27-48(50(56)49(46)55)59(43-21-12-8-13-22-43,44-23-14-9-15-24-44)53-45-25-17-16-20-42(45)34-47(53)41-18-10-7-11-19-41/h7-27,30-34,49H,28-29H2,1-6H3. The molecular formula is C54H49Cl2N2P. The van der Waals surface area contributed by atoms with Crippen molar-refractivity contribution in [1.29, 1.82) is 0 Å². The zero-order chi connectivity index (χ0) is 41.0. The summed E-state index contributed by atoms with van der Waals surface area (Å²) >= 11 is 16.1. The number of aryl methyl sites for hydroxylation is 6. The van der Waals surface area contributed by atoms with Gasteiger partial charge in [0.25, 0.3) is 0 Å². The largest absolute Gasteiger partial charge is 0.325 e. The molecule has 1 saturated heterocycles. The van der Waals surface area contributed by atoms with Gasteiger partial charge in [-0.1, -0.05) is 174 Å². The molecule has 1 atom stereocenters. The number of anilines is 2. The summed E-state index contributed by atoms with van der Waals surface area (Å²) in [4.78, 5) is 5.00. The maximum Gasteiger partial charge on any atom is 0.118 e. The van der Waals surface area contributed by atoms with Crippen LogP contribution in [0.2, 0.25) is 0 Å². The highest BCUT2D eigenvalue weighted by Crippen LogP contribution is 2.63. The molecule has 2 aliphatic carbocycles. The van der Waals surface area contributed by atoms with Gasteiger partial charge < -0.3 is 9.80 Å². The molecular weight excluding hydrogens is 778 g/mol. The van der Waals surface area contributed by atoms with Crippen molar-refractivity contribution in [2.24, 2.45) is 0 Å². The maximum absolute atomic E-state index is 8.06. The Bertz CT molecular complexity index is 2660. The van der Waals surface area contributed by atoms with Crippen LogP contribution in [-0.4, -0.2) is 23.8 Å². The quantitative estimate of drug-likeness (QED) is 0.122. The molecule has 0 spiro atoms. The lowest BCUT2D eigenvalue weighted by Gasteiger charge is -2.38. The van der Waals surface area contributed by atoms with Gasteiger partial charge in [-0.25, -0.2) is 0 Å². The van der Waals surface area contributed by atoms with Crippen LogP contribution in [0.4, 0.5) is 11.4 Å². The Morgan fingerprint density at radius 1 is 0.559 bits per heavy atom. The van der Waals surface area contributed by atoms with Crippen molar-refractivity contribution in [3.8, 4) is 0 Å². The van der Waals surface area contributed by atoms with Crippen LogP contribution < -0.4 is 20.4 Å². The minimum atomic E-state index is -2.74. The second-order valence-electron chi connectivity index (χ2n) is 16.2. The third-order valence-corrected chi connectivity index (χ3v) is 17.7. The van der Waals surface area contributed by atoms with Crippen molar-refractivity contribution < 1.29 is 0 Å². The van der Waals surface area contributed by atoms with Gasteiger partial charge in [0, 0.05) is 45.7 Å². The van der Waals surface area contributed by atoms with Gasteiger partial charge >= 0.3 is 0 Å². The summed E-state index contributed by atoms with van der Waals surface area (Å²) in [6.45, 7) is 12.2. The summed E-state index contributed by atoms with van der Waals surface area (Å²) in [7, 11) is 0. The van der Waals surface area contributed by atoms with E-state index in [0.29, 0.717) is 5.03 Å². The van der Waals surface area contributed by atoms with Crippen LogP contribution in [0.1, 0.15) is 50.1 Å². The van der Waals surface area contributed by atoms with Gasteiger partial charge in [-0.05, 0) is 110 Å². The first-order valence-electron chi connectivity index (χ1n) is 20.5. The second kappa shape index (κ2) is 15.7. The number of fused-ring (bicyclic) bond motifs is 1. The van der Waals surface area contributed by atoms with Crippen LogP contribution in [0.25, 0.3) is 11.6 Å². The molecule has 0 bridgehead atoms. The third-order valence-electron chi connectivity index (χ3n) is 12.1.